The van der Waals surface area contributed by atoms with Crippen molar-refractivity contribution in [1.82, 2.24) is 0 Å². The van der Waals surface area contributed by atoms with Gasteiger partial charge in [-0.15, -0.1) is 0 Å². The van der Waals surface area contributed by atoms with Crippen molar-refractivity contribution >= 4 is 0 Å². The number of hydrogen-bond acceptors (Lipinski definition) is 0. The molecule has 2 heteroatoms. The van der Waals surface area contributed by atoms with Gasteiger partial charge >= 0.3 is 18.6 Å². The SMILES string of the molecule is [CH2-]C.[CH3-].[CH3-].[CH3-].[CH3-].[V+2].[W]. The molecular weight excluding hydrogens is 307 g/mol. The first-order valence-corrected chi connectivity index (χ1v) is 0.707. The van der Waals surface area contributed by atoms with Crippen molar-refractivity contribution in [2.24, 2.45) is 0 Å². The monoisotopic (exact) mass is 324 g/mol. The summed E-state index contributed by atoms with van der Waals surface area (Å²) in [6.07, 6.45) is 0. The fourth-order valence-electron chi connectivity index (χ4n) is 0. The zero-order chi connectivity index (χ0) is 2.00. The molecule has 0 N–H and O–H groups in total. The summed E-state index contributed by atoms with van der Waals surface area (Å²) in [4.78, 5) is 0. The molecule has 0 aromatic carbocycles. The average molecular weight is 324 g/mol. The van der Waals surface area contributed by atoms with Gasteiger partial charge in [-0.2, -0.15) is 6.92 Å². The van der Waals surface area contributed by atoms with Gasteiger partial charge < -0.3 is 36.6 Å². The van der Waals surface area contributed by atoms with Crippen LogP contribution in [-0.4, -0.2) is 0 Å². The summed E-state index contributed by atoms with van der Waals surface area (Å²) >= 11 is 0. The number of rotatable bonds is 0. The van der Waals surface area contributed by atoms with Gasteiger partial charge in [-0.3, -0.25) is 0 Å². The minimum Gasteiger partial charge on any atom is -0.358 e. The standard InChI is InChI=1S/C2H5.4CH3.V.W/c1-2;;;;;;/h1H2,2H3;4*1H3;;/q5*-1;+2;. The Kier molecular flexibility index (Phi) is 4150. The molecular formula is C6H17VW-3. The van der Waals surface area contributed by atoms with Crippen LogP contribution in [0, 0.1) is 36.6 Å². The molecule has 0 bridgehead atoms. The summed E-state index contributed by atoms with van der Waals surface area (Å²) in [5, 5.41) is 0. The van der Waals surface area contributed by atoms with Crippen molar-refractivity contribution in [1.29, 1.82) is 0 Å². The normalized spacial score (nSPS) is 0.750. The van der Waals surface area contributed by atoms with Crippen LogP contribution in [0.25, 0.3) is 0 Å². The van der Waals surface area contributed by atoms with Crippen LogP contribution in [-0.2, 0) is 39.6 Å². The third kappa shape index (κ3) is 177. The molecule has 0 spiro atoms. The Labute approximate surface area is 83.0 Å². The van der Waals surface area contributed by atoms with Crippen LogP contribution in [0.3, 0.4) is 0 Å². The molecule has 0 unspecified atom stereocenters. The molecule has 0 fully saturated rings. The minimum absolute atomic E-state index is 0. The molecule has 8 heavy (non-hydrogen) atoms. The predicted octanol–water partition coefficient (Wildman–Crippen LogP) is 2.64. The summed E-state index contributed by atoms with van der Waals surface area (Å²) in [6.45, 7) is 5.00. The van der Waals surface area contributed by atoms with Crippen molar-refractivity contribution < 1.29 is 39.6 Å². The van der Waals surface area contributed by atoms with Gasteiger partial charge in [0.2, 0.25) is 0 Å². The van der Waals surface area contributed by atoms with E-state index in [0.29, 0.717) is 0 Å². The Morgan fingerprint density at radius 2 is 0.750 bits per heavy atom. The second-order valence-electron chi connectivity index (χ2n) is 0. The summed E-state index contributed by atoms with van der Waals surface area (Å²) in [7, 11) is 0. The van der Waals surface area contributed by atoms with Crippen LogP contribution in [0.15, 0.2) is 0 Å². The van der Waals surface area contributed by atoms with E-state index in [-0.39, 0.29) is 69.3 Å². The molecule has 0 rings (SSSR count). The molecule has 0 nitrogen and oxygen atoms in total. The molecule has 1 radical (unpaired) electrons. The van der Waals surface area contributed by atoms with Gasteiger partial charge in [-0.25, -0.2) is 0 Å². The van der Waals surface area contributed by atoms with Crippen LogP contribution >= 0.6 is 0 Å². The summed E-state index contributed by atoms with van der Waals surface area (Å²) in [5.74, 6) is 0. The second-order valence-corrected chi connectivity index (χ2v) is 0. The molecule has 0 aliphatic heterocycles. The summed E-state index contributed by atoms with van der Waals surface area (Å²) in [6, 6.07) is 0. The first-order valence-electron chi connectivity index (χ1n) is 0.707. The van der Waals surface area contributed by atoms with Crippen LogP contribution in [0.4, 0.5) is 0 Å². The molecule has 0 atom stereocenters. The zero-order valence-electron chi connectivity index (χ0n) is 6.56. The maximum absolute atomic E-state index is 3.25. The molecule has 0 aliphatic rings. The Hall–Kier alpha value is 1.27. The Morgan fingerprint density at radius 1 is 0.750 bits per heavy atom. The fourth-order valence-corrected chi connectivity index (χ4v) is 0. The van der Waals surface area contributed by atoms with E-state index in [0.717, 1.165) is 0 Å². The van der Waals surface area contributed by atoms with Gasteiger partial charge in [0, 0.05) is 21.1 Å². The van der Waals surface area contributed by atoms with Crippen molar-refractivity contribution in [2.45, 2.75) is 6.92 Å². The maximum atomic E-state index is 3.25. The molecule has 0 aromatic rings. The third-order valence-corrected chi connectivity index (χ3v) is 0. The summed E-state index contributed by atoms with van der Waals surface area (Å²) in [5.41, 5.74) is 0. The van der Waals surface area contributed by atoms with Gasteiger partial charge in [0.25, 0.3) is 0 Å². The quantitative estimate of drug-likeness (QED) is 0.601. The first kappa shape index (κ1) is 123. The van der Waals surface area contributed by atoms with E-state index in [1.54, 1.807) is 6.92 Å². The van der Waals surface area contributed by atoms with E-state index in [1.165, 1.54) is 0 Å². The summed E-state index contributed by atoms with van der Waals surface area (Å²) < 4.78 is 0. The zero-order valence-corrected chi connectivity index (χ0v) is 10.9. The molecule has 0 heterocycles. The molecule has 0 aromatic heterocycles. The van der Waals surface area contributed by atoms with Crippen LogP contribution < -0.4 is 0 Å². The molecule has 0 saturated carbocycles. The first-order chi connectivity index (χ1) is 1.00. The Morgan fingerprint density at radius 3 is 0.750 bits per heavy atom. The molecule has 0 aliphatic carbocycles. The second kappa shape index (κ2) is 270. The van der Waals surface area contributed by atoms with Gasteiger partial charge in [0.15, 0.2) is 0 Å². The van der Waals surface area contributed by atoms with Crippen LogP contribution in [0.5, 0.6) is 0 Å². The van der Waals surface area contributed by atoms with Crippen LogP contribution in [0.2, 0.25) is 0 Å². The van der Waals surface area contributed by atoms with E-state index in [4.69, 9.17) is 0 Å². The minimum atomic E-state index is 0. The van der Waals surface area contributed by atoms with Crippen molar-refractivity contribution in [3.8, 4) is 0 Å². The van der Waals surface area contributed by atoms with E-state index in [2.05, 4.69) is 6.92 Å². The Balaban J connectivity index is -0.000000000333. The van der Waals surface area contributed by atoms with Gasteiger partial charge in [0.1, 0.15) is 0 Å². The topological polar surface area (TPSA) is 0 Å². The van der Waals surface area contributed by atoms with Gasteiger partial charge in [0.05, 0.1) is 0 Å². The molecule has 0 amide bonds. The predicted molar refractivity (Wildman–Crippen MR) is 36.7 cm³/mol. The van der Waals surface area contributed by atoms with Crippen molar-refractivity contribution in [3.05, 3.63) is 36.6 Å². The van der Waals surface area contributed by atoms with E-state index in [1.807, 2.05) is 0 Å². The van der Waals surface area contributed by atoms with E-state index in [9.17, 15) is 0 Å². The van der Waals surface area contributed by atoms with Crippen molar-refractivity contribution in [2.75, 3.05) is 0 Å². The fraction of sp³-hybridized carbons (Fsp3) is 0.167. The smallest absolute Gasteiger partial charge is 0.358 e. The number of hydrogen-bond donors (Lipinski definition) is 0. The Bertz CT molecular complexity index is 8.49. The van der Waals surface area contributed by atoms with Crippen LogP contribution in [0.1, 0.15) is 6.92 Å². The van der Waals surface area contributed by atoms with E-state index < -0.39 is 0 Å². The average Bonchev–Trinajstić information content (AvgIpc) is 1.00. The van der Waals surface area contributed by atoms with Gasteiger partial charge in [-0.05, 0) is 0 Å². The van der Waals surface area contributed by atoms with Gasteiger partial charge in [-0.1, -0.05) is 0 Å². The van der Waals surface area contributed by atoms with E-state index >= 15 is 0 Å². The largest absolute Gasteiger partial charge is 2.00 e. The maximum Gasteiger partial charge on any atom is 2.00 e. The molecule has 55 valence electrons. The molecule has 0 saturated heterocycles. The van der Waals surface area contributed by atoms with Crippen molar-refractivity contribution in [3.63, 3.8) is 0 Å². The third-order valence-electron chi connectivity index (χ3n) is 0.